The fourth-order valence-electron chi connectivity index (χ4n) is 1.58. The smallest absolute Gasteiger partial charge is 0.242 e. The zero-order valence-corrected chi connectivity index (χ0v) is 11.3. The highest BCUT2D eigenvalue weighted by Gasteiger charge is 2.44. The molecular formula is C13H15FN2OS. The van der Waals surface area contributed by atoms with Crippen molar-refractivity contribution in [1.82, 2.24) is 5.32 Å². The number of hydrogen-bond acceptors (Lipinski definition) is 3. The molecule has 1 amide bonds. The highest BCUT2D eigenvalue weighted by molar-refractivity contribution is 8.16. The quantitative estimate of drug-likeness (QED) is 0.893. The van der Waals surface area contributed by atoms with Gasteiger partial charge < -0.3 is 5.32 Å². The second-order valence-electron chi connectivity index (χ2n) is 4.69. The van der Waals surface area contributed by atoms with E-state index in [1.54, 1.807) is 18.2 Å². The van der Waals surface area contributed by atoms with E-state index in [0.717, 1.165) is 0 Å². The monoisotopic (exact) mass is 266 g/mol. The van der Waals surface area contributed by atoms with E-state index < -0.39 is 10.6 Å². The van der Waals surface area contributed by atoms with Gasteiger partial charge in [0.15, 0.2) is 5.17 Å². The SMILES string of the molecule is CC(C)[C@@]1(C)SC(=Nc2ccccc2F)NC1=O. The summed E-state index contributed by atoms with van der Waals surface area (Å²) in [7, 11) is 0. The maximum Gasteiger partial charge on any atom is 0.242 e. The van der Waals surface area contributed by atoms with E-state index in [1.165, 1.54) is 17.8 Å². The van der Waals surface area contributed by atoms with Crippen LogP contribution in [0.1, 0.15) is 20.8 Å². The summed E-state index contributed by atoms with van der Waals surface area (Å²) in [5, 5.41) is 3.17. The second kappa shape index (κ2) is 4.72. The number of nitrogens with one attached hydrogen (secondary N) is 1. The van der Waals surface area contributed by atoms with Gasteiger partial charge in [-0.25, -0.2) is 9.38 Å². The summed E-state index contributed by atoms with van der Waals surface area (Å²) in [6.07, 6.45) is 0. The maximum absolute atomic E-state index is 13.5. The molecular weight excluding hydrogens is 251 g/mol. The molecule has 1 aliphatic rings. The first kappa shape index (κ1) is 13.1. The molecule has 0 spiro atoms. The first-order valence-corrected chi connectivity index (χ1v) is 6.59. The molecule has 1 N–H and O–H groups in total. The molecule has 0 bridgehead atoms. The molecule has 0 radical (unpaired) electrons. The van der Waals surface area contributed by atoms with Crippen LogP contribution in [0.2, 0.25) is 0 Å². The van der Waals surface area contributed by atoms with Crippen LogP contribution in [0.5, 0.6) is 0 Å². The molecule has 5 heteroatoms. The van der Waals surface area contributed by atoms with Gasteiger partial charge in [-0.3, -0.25) is 4.79 Å². The van der Waals surface area contributed by atoms with E-state index in [1.807, 2.05) is 20.8 Å². The fraction of sp³-hybridized carbons (Fsp3) is 0.385. The van der Waals surface area contributed by atoms with E-state index in [0.29, 0.717) is 5.17 Å². The van der Waals surface area contributed by atoms with Crippen LogP contribution in [-0.4, -0.2) is 15.8 Å². The lowest BCUT2D eigenvalue weighted by molar-refractivity contribution is -0.122. The number of carbonyl (C=O) groups excluding carboxylic acids is 1. The summed E-state index contributed by atoms with van der Waals surface area (Å²) < 4.78 is 12.9. The van der Waals surface area contributed by atoms with Crippen molar-refractivity contribution in [3.63, 3.8) is 0 Å². The molecule has 0 aliphatic carbocycles. The molecule has 1 aromatic carbocycles. The lowest BCUT2D eigenvalue weighted by atomic mass is 9.96. The van der Waals surface area contributed by atoms with Crippen molar-refractivity contribution >= 4 is 28.5 Å². The number of carbonyl (C=O) groups is 1. The predicted molar refractivity (Wildman–Crippen MR) is 72.5 cm³/mol. The standard InChI is InChI=1S/C13H15FN2OS/c1-8(2)13(3)11(17)16-12(18-13)15-10-7-5-4-6-9(10)14/h4-8H,1-3H3,(H,15,16,17)/t13-/m1/s1. The normalized spacial score (nSPS) is 25.8. The Morgan fingerprint density at radius 3 is 2.61 bits per heavy atom. The van der Waals surface area contributed by atoms with Crippen LogP contribution in [0.15, 0.2) is 29.3 Å². The Kier molecular flexibility index (Phi) is 3.43. The van der Waals surface area contributed by atoms with Crippen molar-refractivity contribution in [2.24, 2.45) is 10.9 Å². The molecule has 1 atom stereocenters. The molecule has 1 saturated heterocycles. The van der Waals surface area contributed by atoms with Crippen LogP contribution in [0.4, 0.5) is 10.1 Å². The topological polar surface area (TPSA) is 41.5 Å². The lowest BCUT2D eigenvalue weighted by Crippen LogP contribution is -2.38. The zero-order valence-electron chi connectivity index (χ0n) is 10.5. The maximum atomic E-state index is 13.5. The Hall–Kier alpha value is -1.36. The highest BCUT2D eigenvalue weighted by Crippen LogP contribution is 2.38. The van der Waals surface area contributed by atoms with Gasteiger partial charge in [-0.2, -0.15) is 0 Å². The number of hydrogen-bond donors (Lipinski definition) is 1. The summed E-state index contributed by atoms with van der Waals surface area (Å²) in [5.74, 6) is -0.286. The van der Waals surface area contributed by atoms with Gasteiger partial charge in [0.2, 0.25) is 5.91 Å². The molecule has 96 valence electrons. The third kappa shape index (κ3) is 2.27. The average Bonchev–Trinajstić information content (AvgIpc) is 2.59. The van der Waals surface area contributed by atoms with E-state index in [4.69, 9.17) is 0 Å². The van der Waals surface area contributed by atoms with Crippen LogP contribution < -0.4 is 5.32 Å². The number of halogens is 1. The van der Waals surface area contributed by atoms with Crippen LogP contribution in [0.3, 0.4) is 0 Å². The minimum atomic E-state index is -0.538. The van der Waals surface area contributed by atoms with Gasteiger partial charge in [-0.1, -0.05) is 37.7 Å². The Morgan fingerprint density at radius 2 is 2.06 bits per heavy atom. The van der Waals surface area contributed by atoms with Gasteiger partial charge in [0.1, 0.15) is 16.3 Å². The largest absolute Gasteiger partial charge is 0.304 e. The van der Waals surface area contributed by atoms with E-state index >= 15 is 0 Å². The molecule has 0 aromatic heterocycles. The molecule has 2 rings (SSSR count). The van der Waals surface area contributed by atoms with Gasteiger partial charge in [-0.15, -0.1) is 0 Å². The number of benzene rings is 1. The summed E-state index contributed by atoms with van der Waals surface area (Å²) in [5.41, 5.74) is 0.244. The molecule has 1 heterocycles. The number of rotatable bonds is 2. The van der Waals surface area contributed by atoms with Gasteiger partial charge >= 0.3 is 0 Å². The minimum Gasteiger partial charge on any atom is -0.304 e. The molecule has 0 saturated carbocycles. The summed E-state index contributed by atoms with van der Waals surface area (Å²) >= 11 is 1.36. The highest BCUT2D eigenvalue weighted by atomic mass is 32.2. The van der Waals surface area contributed by atoms with Crippen molar-refractivity contribution in [2.75, 3.05) is 0 Å². The Morgan fingerprint density at radius 1 is 1.39 bits per heavy atom. The molecule has 3 nitrogen and oxygen atoms in total. The number of amidine groups is 1. The van der Waals surface area contributed by atoms with Gasteiger partial charge in [0.25, 0.3) is 0 Å². The third-order valence-electron chi connectivity index (χ3n) is 3.16. The predicted octanol–water partition coefficient (Wildman–Crippen LogP) is 3.09. The van der Waals surface area contributed by atoms with Crippen LogP contribution in [0, 0.1) is 11.7 Å². The average molecular weight is 266 g/mol. The number of thioether (sulfide) groups is 1. The molecule has 1 aliphatic heterocycles. The summed E-state index contributed by atoms with van der Waals surface area (Å²) in [6, 6.07) is 6.26. The molecule has 1 aromatic rings. The zero-order chi connectivity index (χ0) is 13.3. The van der Waals surface area contributed by atoms with Crippen LogP contribution in [-0.2, 0) is 4.79 Å². The summed E-state index contributed by atoms with van der Waals surface area (Å²) in [6.45, 7) is 5.85. The number of amides is 1. The van der Waals surface area contributed by atoms with E-state index in [-0.39, 0.29) is 17.5 Å². The van der Waals surface area contributed by atoms with E-state index in [9.17, 15) is 9.18 Å². The van der Waals surface area contributed by atoms with Crippen molar-refractivity contribution in [3.8, 4) is 0 Å². The number of aliphatic imine (C=N–C) groups is 1. The van der Waals surface area contributed by atoms with E-state index in [2.05, 4.69) is 10.3 Å². The first-order chi connectivity index (χ1) is 8.43. The Labute approximate surface area is 110 Å². The Bertz CT molecular complexity index is 515. The molecule has 0 unspecified atom stereocenters. The van der Waals surface area contributed by atoms with Gasteiger partial charge in [0, 0.05) is 0 Å². The summed E-state index contributed by atoms with van der Waals surface area (Å²) in [4.78, 5) is 16.1. The minimum absolute atomic E-state index is 0.0717. The lowest BCUT2D eigenvalue weighted by Gasteiger charge is -2.22. The first-order valence-electron chi connectivity index (χ1n) is 5.77. The molecule has 1 fully saturated rings. The van der Waals surface area contributed by atoms with Crippen molar-refractivity contribution < 1.29 is 9.18 Å². The van der Waals surface area contributed by atoms with Crippen molar-refractivity contribution in [2.45, 2.75) is 25.5 Å². The van der Waals surface area contributed by atoms with Crippen LogP contribution in [0.25, 0.3) is 0 Å². The van der Waals surface area contributed by atoms with Gasteiger partial charge in [0.05, 0.1) is 0 Å². The van der Waals surface area contributed by atoms with Crippen LogP contribution >= 0.6 is 11.8 Å². The third-order valence-corrected chi connectivity index (χ3v) is 4.62. The molecule has 18 heavy (non-hydrogen) atoms. The Balaban J connectivity index is 2.28. The fourth-order valence-corrected chi connectivity index (χ4v) is 2.65. The number of para-hydroxylation sites is 1. The second-order valence-corrected chi connectivity index (χ2v) is 6.13. The van der Waals surface area contributed by atoms with Crippen molar-refractivity contribution in [1.29, 1.82) is 0 Å². The number of nitrogens with zero attached hydrogens (tertiary/aromatic N) is 1. The van der Waals surface area contributed by atoms with Gasteiger partial charge in [-0.05, 0) is 25.0 Å². The van der Waals surface area contributed by atoms with Crippen molar-refractivity contribution in [3.05, 3.63) is 30.1 Å².